The number of aliphatic carboxylic acids is 1. The smallest absolute Gasteiger partial charge is 0.303 e. The number of carboxylic acid groups (broad SMARTS) is 1. The predicted octanol–water partition coefficient (Wildman–Crippen LogP) is 2.32. The van der Waals surface area contributed by atoms with E-state index >= 15 is 0 Å². The number of nitrogens with zero attached hydrogens (tertiary/aromatic N) is 1. The van der Waals surface area contributed by atoms with Crippen LogP contribution in [0.1, 0.15) is 24.8 Å². The van der Waals surface area contributed by atoms with Crippen molar-refractivity contribution in [2.24, 2.45) is 5.92 Å². The van der Waals surface area contributed by atoms with Gasteiger partial charge >= 0.3 is 5.97 Å². The van der Waals surface area contributed by atoms with E-state index in [1.165, 1.54) is 6.07 Å². The number of rotatable bonds is 4. The highest BCUT2D eigenvalue weighted by molar-refractivity contribution is 5.67. The highest BCUT2D eigenvalue weighted by atomic mass is 19.1. The number of fused-ring (bicyclic) bond motifs is 1. The van der Waals surface area contributed by atoms with E-state index < -0.39 is 5.97 Å². The fraction of sp³-hybridized carbons (Fsp3) is 0.562. The Morgan fingerprint density at radius 2 is 2.33 bits per heavy atom. The molecule has 0 saturated carbocycles. The summed E-state index contributed by atoms with van der Waals surface area (Å²) in [6.45, 7) is 2.59. The standard InChI is InChI=1S/C16H20FNO3/c17-13-3-4-15-12(7-13)8-14(21-15)10-18-5-1-2-11(9-18)6-16(19)20/h3-4,7,11,14H,1-2,5-6,8-10H2,(H,19,20). The normalized spacial score (nSPS) is 25.4. The first-order chi connectivity index (χ1) is 10.1. The SMILES string of the molecule is O=C(O)CC1CCCN(CC2Cc3cc(F)ccc3O2)C1. The van der Waals surface area contributed by atoms with Gasteiger partial charge in [0.15, 0.2) is 0 Å². The zero-order chi connectivity index (χ0) is 14.8. The number of hydrogen-bond acceptors (Lipinski definition) is 3. The minimum Gasteiger partial charge on any atom is -0.488 e. The molecule has 0 aromatic heterocycles. The molecule has 1 saturated heterocycles. The Morgan fingerprint density at radius 3 is 3.14 bits per heavy atom. The van der Waals surface area contributed by atoms with Gasteiger partial charge in [0, 0.05) is 31.5 Å². The van der Waals surface area contributed by atoms with Crippen molar-refractivity contribution in [3.05, 3.63) is 29.6 Å². The Bertz CT molecular complexity index is 534. The van der Waals surface area contributed by atoms with E-state index in [9.17, 15) is 9.18 Å². The van der Waals surface area contributed by atoms with Crippen LogP contribution in [-0.4, -0.2) is 41.7 Å². The van der Waals surface area contributed by atoms with Crippen LogP contribution in [0.3, 0.4) is 0 Å². The third kappa shape index (κ3) is 3.53. The molecule has 2 unspecified atom stereocenters. The molecule has 0 amide bonds. The Morgan fingerprint density at radius 1 is 1.48 bits per heavy atom. The van der Waals surface area contributed by atoms with Gasteiger partial charge in [-0.25, -0.2) is 4.39 Å². The number of likely N-dealkylation sites (tertiary alicyclic amines) is 1. The van der Waals surface area contributed by atoms with E-state index in [-0.39, 0.29) is 24.3 Å². The Kier molecular flexibility index (Phi) is 4.10. The largest absolute Gasteiger partial charge is 0.488 e. The van der Waals surface area contributed by atoms with E-state index in [4.69, 9.17) is 9.84 Å². The summed E-state index contributed by atoms with van der Waals surface area (Å²) < 4.78 is 19.1. The highest BCUT2D eigenvalue weighted by Gasteiger charge is 2.28. The predicted molar refractivity (Wildman–Crippen MR) is 75.9 cm³/mol. The molecule has 114 valence electrons. The van der Waals surface area contributed by atoms with E-state index in [2.05, 4.69) is 4.90 Å². The van der Waals surface area contributed by atoms with Gasteiger partial charge in [0.1, 0.15) is 17.7 Å². The molecule has 4 nitrogen and oxygen atoms in total. The third-order valence-electron chi connectivity index (χ3n) is 4.29. The first-order valence-corrected chi connectivity index (χ1v) is 7.49. The lowest BCUT2D eigenvalue weighted by Crippen LogP contribution is -2.41. The summed E-state index contributed by atoms with van der Waals surface area (Å²) >= 11 is 0. The number of hydrogen-bond donors (Lipinski definition) is 1. The first kappa shape index (κ1) is 14.3. The first-order valence-electron chi connectivity index (χ1n) is 7.49. The summed E-state index contributed by atoms with van der Waals surface area (Å²) in [5, 5.41) is 8.90. The van der Waals surface area contributed by atoms with Gasteiger partial charge in [-0.1, -0.05) is 0 Å². The summed E-state index contributed by atoms with van der Waals surface area (Å²) in [5.74, 6) is 0.0670. The minimum atomic E-state index is -0.721. The number of carboxylic acids is 1. The zero-order valence-corrected chi connectivity index (χ0v) is 11.9. The molecular weight excluding hydrogens is 273 g/mol. The average Bonchev–Trinajstić information content (AvgIpc) is 2.79. The number of benzene rings is 1. The third-order valence-corrected chi connectivity index (χ3v) is 4.29. The molecule has 1 aromatic rings. The van der Waals surface area contributed by atoms with E-state index in [1.807, 2.05) is 0 Å². The van der Waals surface area contributed by atoms with Crippen LogP contribution in [0, 0.1) is 11.7 Å². The lowest BCUT2D eigenvalue weighted by Gasteiger charge is -2.33. The molecule has 21 heavy (non-hydrogen) atoms. The van der Waals surface area contributed by atoms with E-state index in [0.29, 0.717) is 0 Å². The topological polar surface area (TPSA) is 49.8 Å². The maximum absolute atomic E-state index is 13.2. The fourth-order valence-corrected chi connectivity index (χ4v) is 3.41. The quantitative estimate of drug-likeness (QED) is 0.925. The van der Waals surface area contributed by atoms with Crippen LogP contribution in [0.2, 0.25) is 0 Å². The van der Waals surface area contributed by atoms with Gasteiger partial charge in [-0.05, 0) is 43.5 Å². The summed E-state index contributed by atoms with van der Waals surface area (Å²) in [4.78, 5) is 13.1. The molecule has 1 N–H and O–H groups in total. The van der Waals surface area contributed by atoms with Crippen LogP contribution in [0.4, 0.5) is 4.39 Å². The molecule has 2 heterocycles. The van der Waals surface area contributed by atoms with Crippen LogP contribution in [-0.2, 0) is 11.2 Å². The fourth-order valence-electron chi connectivity index (χ4n) is 3.41. The molecule has 1 aromatic carbocycles. The van der Waals surface area contributed by atoms with Gasteiger partial charge < -0.3 is 9.84 Å². The van der Waals surface area contributed by atoms with Crippen molar-refractivity contribution in [2.75, 3.05) is 19.6 Å². The second-order valence-corrected chi connectivity index (χ2v) is 6.06. The van der Waals surface area contributed by atoms with Crippen molar-refractivity contribution < 1.29 is 19.0 Å². The molecule has 0 spiro atoms. The molecule has 0 bridgehead atoms. The Balaban J connectivity index is 1.55. The van der Waals surface area contributed by atoms with Crippen molar-refractivity contribution in [1.82, 2.24) is 4.90 Å². The number of carbonyl (C=O) groups is 1. The second kappa shape index (κ2) is 6.02. The van der Waals surface area contributed by atoms with Crippen LogP contribution in [0.15, 0.2) is 18.2 Å². The minimum absolute atomic E-state index is 0.0466. The van der Waals surface area contributed by atoms with Crippen molar-refractivity contribution in [1.29, 1.82) is 0 Å². The van der Waals surface area contributed by atoms with Crippen LogP contribution in [0.5, 0.6) is 5.75 Å². The van der Waals surface area contributed by atoms with Gasteiger partial charge in [0.2, 0.25) is 0 Å². The van der Waals surface area contributed by atoms with Crippen LogP contribution >= 0.6 is 0 Å². The average molecular weight is 293 g/mol. The van der Waals surface area contributed by atoms with Gasteiger partial charge in [-0.3, -0.25) is 9.69 Å². The van der Waals surface area contributed by atoms with Crippen LogP contribution < -0.4 is 4.74 Å². The summed E-state index contributed by atoms with van der Waals surface area (Å²) in [6.07, 6.45) is 3.04. The van der Waals surface area contributed by atoms with Gasteiger partial charge in [-0.2, -0.15) is 0 Å². The van der Waals surface area contributed by atoms with Crippen molar-refractivity contribution in [3.63, 3.8) is 0 Å². The second-order valence-electron chi connectivity index (χ2n) is 6.06. The van der Waals surface area contributed by atoms with Crippen molar-refractivity contribution in [3.8, 4) is 5.75 Å². The van der Waals surface area contributed by atoms with Crippen LogP contribution in [0.25, 0.3) is 0 Å². The Labute approximate surface area is 123 Å². The summed E-state index contributed by atoms with van der Waals surface area (Å²) in [5.41, 5.74) is 0.930. The number of halogens is 1. The summed E-state index contributed by atoms with van der Waals surface area (Å²) in [6, 6.07) is 4.65. The lowest BCUT2D eigenvalue weighted by atomic mass is 9.94. The molecule has 3 rings (SSSR count). The molecule has 0 radical (unpaired) electrons. The molecule has 2 aliphatic heterocycles. The van der Waals surface area contributed by atoms with E-state index in [1.54, 1.807) is 12.1 Å². The molecular formula is C16H20FNO3. The summed E-state index contributed by atoms with van der Waals surface area (Å²) in [7, 11) is 0. The van der Waals surface area contributed by atoms with E-state index in [0.717, 1.165) is 50.2 Å². The number of piperidine rings is 1. The monoisotopic (exact) mass is 293 g/mol. The zero-order valence-electron chi connectivity index (χ0n) is 11.9. The highest BCUT2D eigenvalue weighted by Crippen LogP contribution is 2.30. The Hall–Kier alpha value is -1.62. The number of ether oxygens (including phenoxy) is 1. The van der Waals surface area contributed by atoms with Gasteiger partial charge in [0.25, 0.3) is 0 Å². The maximum atomic E-state index is 13.2. The van der Waals surface area contributed by atoms with Crippen molar-refractivity contribution in [2.45, 2.75) is 31.8 Å². The molecule has 5 heteroatoms. The van der Waals surface area contributed by atoms with Crippen molar-refractivity contribution >= 4 is 5.97 Å². The molecule has 2 atom stereocenters. The lowest BCUT2D eigenvalue weighted by molar-refractivity contribution is -0.138. The maximum Gasteiger partial charge on any atom is 0.303 e. The molecule has 1 fully saturated rings. The molecule has 2 aliphatic rings. The molecule has 0 aliphatic carbocycles. The van der Waals surface area contributed by atoms with Gasteiger partial charge in [0.05, 0.1) is 0 Å². The van der Waals surface area contributed by atoms with Gasteiger partial charge in [-0.15, -0.1) is 0 Å².